The largest absolute Gasteiger partial charge is 0.0499 e. The van der Waals surface area contributed by atoms with Crippen LogP contribution in [0.5, 0.6) is 0 Å². The van der Waals surface area contributed by atoms with Crippen LogP contribution in [-0.2, 0) is 34.4 Å². The van der Waals surface area contributed by atoms with Crippen molar-refractivity contribution in [1.82, 2.24) is 0 Å². The van der Waals surface area contributed by atoms with Crippen LogP contribution in [-0.4, -0.2) is 0 Å². The molecular weight excluding hydrogens is 445 g/mol. The fraction of sp³-hybridized carbons (Fsp3) is 0. The van der Waals surface area contributed by atoms with Crippen LogP contribution >= 0.6 is 26.9 Å². The van der Waals surface area contributed by atoms with Crippen molar-refractivity contribution in [2.45, 2.75) is 0 Å². The van der Waals surface area contributed by atoms with E-state index in [-0.39, 0.29) is 0 Å². The molecule has 0 aromatic heterocycles. The average molecular weight is 455 g/mol. The van der Waals surface area contributed by atoms with Crippen molar-refractivity contribution in [2.75, 3.05) is 0 Å². The van der Waals surface area contributed by atoms with Gasteiger partial charge in [0.05, 0.1) is 0 Å². The van der Waals surface area contributed by atoms with E-state index in [1.54, 1.807) is 0 Å². The Balaban J connectivity index is -0.0000000246. The van der Waals surface area contributed by atoms with E-state index < -0.39 is 0 Å². The Labute approximate surface area is 101 Å². The summed E-state index contributed by atoms with van der Waals surface area (Å²) in [5.74, 6) is 0. The molecule has 0 aromatic carbocycles. The topological polar surface area (TPSA) is 0 Å². The molecule has 0 rings (SSSR count). The summed E-state index contributed by atoms with van der Waals surface area (Å²) in [6.07, 6.45) is 3.00. The second-order valence-electron chi connectivity index (χ2n) is 0.577. The number of halogens is 2. The van der Waals surface area contributed by atoms with Crippen LogP contribution < -0.4 is 0 Å². The number of hydrogen-bond acceptors (Lipinski definition) is 0. The van der Waals surface area contributed by atoms with Crippen molar-refractivity contribution in [3.63, 3.8) is 0 Å². The molecule has 66 valence electrons. The summed E-state index contributed by atoms with van der Waals surface area (Å²) in [6.45, 7) is 13.0. The molecule has 0 N–H and O–H groups in total. The van der Waals surface area contributed by atoms with Crippen LogP contribution in [0.2, 0.25) is 0 Å². The maximum Gasteiger partial charge on any atom is -0.0386 e. The molecule has 6 radical (unpaired) electrons. The quantitative estimate of drug-likeness (QED) is 0.492. The van der Waals surface area contributed by atoms with Gasteiger partial charge in [-0.25, -0.2) is 0 Å². The molecule has 0 nitrogen and oxygen atoms in total. The van der Waals surface area contributed by atoms with E-state index in [2.05, 4.69) is 88.9 Å². The van der Waals surface area contributed by atoms with Gasteiger partial charge >= 0.3 is 61.2 Å². The first kappa shape index (κ1) is 22.8. The summed E-state index contributed by atoms with van der Waals surface area (Å²) in [5.41, 5.74) is 0. The SMILES string of the molecule is [Br][Pd+].[Br][Pd+].[CH2][CH][CH2].[CH2][CH][CH2]. The van der Waals surface area contributed by atoms with Gasteiger partial charge in [-0.15, -0.1) is 0 Å². The first-order chi connectivity index (χ1) is 4.83. The van der Waals surface area contributed by atoms with Gasteiger partial charge in [-0.05, 0) is 40.5 Å². The number of hydrogen-bond donors (Lipinski definition) is 0. The molecule has 0 amide bonds. The molecule has 0 spiro atoms. The fourth-order valence-corrected chi connectivity index (χ4v) is 0. The Bertz CT molecular complexity index is 15.7. The van der Waals surface area contributed by atoms with E-state index in [4.69, 9.17) is 0 Å². The van der Waals surface area contributed by atoms with Crippen LogP contribution in [0.3, 0.4) is 0 Å². The monoisotopic (exact) mass is 452 g/mol. The third-order valence-electron chi connectivity index (χ3n) is 0. The predicted molar refractivity (Wildman–Crippen MR) is 47.9 cm³/mol. The summed E-state index contributed by atoms with van der Waals surface area (Å²) in [7, 11) is 0. The Morgan fingerprint density at radius 1 is 0.700 bits per heavy atom. The van der Waals surface area contributed by atoms with E-state index in [0.29, 0.717) is 0 Å². The minimum Gasteiger partial charge on any atom is -0.0499 e. The van der Waals surface area contributed by atoms with E-state index in [9.17, 15) is 0 Å². The zero-order chi connectivity index (χ0) is 9.41. The molecule has 0 aliphatic heterocycles. The summed E-state index contributed by atoms with van der Waals surface area (Å²) < 4.78 is 0. The van der Waals surface area contributed by atoms with Crippen LogP contribution in [0.1, 0.15) is 0 Å². The molecule has 0 heterocycles. The van der Waals surface area contributed by atoms with Crippen LogP contribution in [0, 0.1) is 40.5 Å². The van der Waals surface area contributed by atoms with Crippen LogP contribution in [0.25, 0.3) is 0 Å². The summed E-state index contributed by atoms with van der Waals surface area (Å²) in [5, 5.41) is 0. The minimum atomic E-state index is 1.50. The first-order valence-corrected chi connectivity index (χ1v) is 8.98. The molecule has 0 bridgehead atoms. The van der Waals surface area contributed by atoms with Gasteiger partial charge in [-0.2, -0.15) is 0 Å². The Morgan fingerprint density at radius 3 is 0.700 bits per heavy atom. The normalized spacial score (nSPS) is 5.00. The Kier molecular flexibility index (Phi) is 148. The van der Waals surface area contributed by atoms with E-state index in [1.165, 1.54) is 12.8 Å². The van der Waals surface area contributed by atoms with Gasteiger partial charge in [0.15, 0.2) is 0 Å². The van der Waals surface area contributed by atoms with Gasteiger partial charge in [0.1, 0.15) is 0 Å². The molecule has 0 aliphatic rings. The molecule has 0 saturated heterocycles. The van der Waals surface area contributed by atoms with Crippen LogP contribution in [0.15, 0.2) is 0 Å². The molecular formula is C6H10Br2Pd2+2. The van der Waals surface area contributed by atoms with Gasteiger partial charge in [-0.3, -0.25) is 0 Å². The summed E-state index contributed by atoms with van der Waals surface area (Å²) in [4.78, 5) is 0. The average Bonchev–Trinajstić information content (AvgIpc) is 1.99. The van der Waals surface area contributed by atoms with Crippen LogP contribution in [0.4, 0.5) is 0 Å². The van der Waals surface area contributed by atoms with E-state index in [1.807, 2.05) is 0 Å². The summed E-state index contributed by atoms with van der Waals surface area (Å²) in [6, 6.07) is 0. The maximum absolute atomic E-state index is 3.25. The van der Waals surface area contributed by atoms with Crippen molar-refractivity contribution in [3.8, 4) is 0 Å². The fourth-order valence-electron chi connectivity index (χ4n) is 0. The van der Waals surface area contributed by atoms with Gasteiger partial charge in [-0.1, -0.05) is 0 Å². The third-order valence-corrected chi connectivity index (χ3v) is 0. The van der Waals surface area contributed by atoms with E-state index >= 15 is 0 Å². The smallest absolute Gasteiger partial charge is 0.0386 e. The number of rotatable bonds is 0. The first-order valence-electron chi connectivity index (χ1n) is 1.87. The van der Waals surface area contributed by atoms with Gasteiger partial charge in [0.25, 0.3) is 0 Å². The van der Waals surface area contributed by atoms with Gasteiger partial charge in [0, 0.05) is 0 Å². The molecule has 0 saturated carbocycles. The van der Waals surface area contributed by atoms with Gasteiger partial charge < -0.3 is 0 Å². The molecule has 0 aliphatic carbocycles. The van der Waals surface area contributed by atoms with E-state index in [0.717, 1.165) is 0 Å². The Hall–Kier alpha value is 2.28. The van der Waals surface area contributed by atoms with Crippen molar-refractivity contribution in [2.24, 2.45) is 0 Å². The second kappa shape index (κ2) is 65.0. The third kappa shape index (κ3) is 170. The molecule has 0 unspecified atom stereocenters. The zero-order valence-electron chi connectivity index (χ0n) is 5.37. The van der Waals surface area contributed by atoms with Crippen molar-refractivity contribution < 1.29 is 34.4 Å². The molecule has 0 atom stereocenters. The van der Waals surface area contributed by atoms with Crippen molar-refractivity contribution in [1.29, 1.82) is 0 Å². The zero-order valence-corrected chi connectivity index (χ0v) is 11.7. The maximum atomic E-state index is 3.25. The minimum absolute atomic E-state index is 1.50. The predicted octanol–water partition coefficient (Wildman–Crippen LogP) is 3.40. The Morgan fingerprint density at radius 2 is 0.700 bits per heavy atom. The molecule has 0 fully saturated rings. The second-order valence-corrected chi connectivity index (χ2v) is 0.577. The van der Waals surface area contributed by atoms with Gasteiger partial charge in [0.2, 0.25) is 0 Å². The molecule has 0 aromatic rings. The summed E-state index contributed by atoms with van der Waals surface area (Å²) >= 11 is 10.7. The molecule has 10 heavy (non-hydrogen) atoms. The standard InChI is InChI=1S/2C3H5.2BrH.2Pd/c2*1-3-2;;;;/h2*3H,1-2H2;2*1H;;/q;;;;2*+2/p-2. The van der Waals surface area contributed by atoms with Crippen molar-refractivity contribution in [3.05, 3.63) is 40.5 Å². The van der Waals surface area contributed by atoms with Crippen molar-refractivity contribution >= 4 is 26.9 Å². The molecule has 4 heteroatoms.